The molecular formula is C96H154N16. The summed E-state index contributed by atoms with van der Waals surface area (Å²) in [5.41, 5.74) is 17.3. The van der Waals surface area contributed by atoms with Crippen molar-refractivity contribution in [2.45, 2.75) is 316 Å². The van der Waals surface area contributed by atoms with Gasteiger partial charge in [-0.3, -0.25) is 0 Å². The van der Waals surface area contributed by atoms with Crippen LogP contribution in [0.4, 0.5) is 45.5 Å². The molecule has 0 spiro atoms. The average Bonchev–Trinajstić information content (AvgIpc) is 1.56. The van der Waals surface area contributed by atoms with Gasteiger partial charge in [-0.2, -0.15) is 0 Å². The number of fused-ring (bicyclic) bond motifs is 20. The molecule has 8 bridgehead atoms. The van der Waals surface area contributed by atoms with Crippen LogP contribution >= 0.6 is 0 Å². The van der Waals surface area contributed by atoms with Crippen molar-refractivity contribution in [3.05, 3.63) is 48.5 Å². The van der Waals surface area contributed by atoms with Crippen LogP contribution in [0.15, 0.2) is 48.5 Å². The molecule has 2 N–H and O–H groups in total. The summed E-state index contributed by atoms with van der Waals surface area (Å²) in [6.45, 7) is 53.1. The first kappa shape index (κ1) is 88.6. The molecule has 3 aromatic heterocycles. The Hall–Kier alpha value is -7.36. The Kier molecular flexibility index (Phi) is 37.1. The van der Waals surface area contributed by atoms with E-state index in [4.69, 9.17) is 29.9 Å². The number of nitrogens with zero attached hydrogens (tertiary/aromatic N) is 14. The first-order chi connectivity index (χ1) is 54.9. The third-order valence-electron chi connectivity index (χ3n) is 23.4. The lowest BCUT2D eigenvalue weighted by atomic mass is 10.0. The smallest absolute Gasteiger partial charge is 0.164 e. The SMILES string of the molecule is CCCCN(CCCC)c1cc2c(cc1N(CCCC)CCCC)-c1nc-2nc2[nH]c(nc3nc(nc4[nH]c(n1)c1cc(N(CCCC)CCCC)c(N(CCCC)CCCC)cc41)-c1cc(N(CCCC)CCCC)c(N(CCCC)CCCC)cc1-3)c1cc(N(CCCC)CCCC)c(N(CCCC)CCCC)cc21. The quantitative estimate of drug-likeness (QED) is 0.0374. The normalized spacial score (nSPS) is 11.9. The Labute approximate surface area is 680 Å². The van der Waals surface area contributed by atoms with Crippen LogP contribution in [0.25, 0.3) is 89.7 Å². The molecule has 4 aromatic carbocycles. The van der Waals surface area contributed by atoms with E-state index in [0.29, 0.717) is 23.3 Å². The van der Waals surface area contributed by atoms with Gasteiger partial charge in [0.2, 0.25) is 0 Å². The van der Waals surface area contributed by atoms with Crippen LogP contribution in [-0.4, -0.2) is 145 Å². The molecule has 16 nitrogen and oxygen atoms in total. The summed E-state index contributed by atoms with van der Waals surface area (Å²) < 4.78 is 0. The standard InChI is InChI=1S/C96H154N16/c1-17-33-49-105(50-34-18-2)81-65-73-74(66-82(81)106(51-35-19-3)52-36-20-4)90-97-89(73)101-91-75-67-83(107(53-37-21-5)54-38-22-6)84(108(55-39-23-7)56-40-24-8)68-76(75)93(98-91)103-95-79-71-87(111(61-45-29-13)62-46-30-14)88(112(63-47-31-15)64-48-32-16)72-80(79)96(100-95)104-94-78-70-86(110(59-43-27-11)60-44-28-12)85(69-77(78)92(99-94)102-90)109(57-41-25-9)58-42-26-10/h65-72H,17-64H2,1-16H3,(H2,97,98,99,100,101,102,103,104). The summed E-state index contributed by atoms with van der Waals surface area (Å²) >= 11 is 0. The molecular weight excluding hydrogens is 1380 g/mol. The molecule has 2 aliphatic rings. The van der Waals surface area contributed by atoms with Gasteiger partial charge in [0.25, 0.3) is 0 Å². The summed E-state index contributed by atoms with van der Waals surface area (Å²) in [5, 5.41) is 4.16. The molecule has 5 heterocycles. The van der Waals surface area contributed by atoms with Crippen molar-refractivity contribution in [2.24, 2.45) is 0 Å². The highest BCUT2D eigenvalue weighted by molar-refractivity contribution is 6.11. The summed E-state index contributed by atoms with van der Waals surface area (Å²) in [7, 11) is 0. The third-order valence-corrected chi connectivity index (χ3v) is 23.4. The van der Waals surface area contributed by atoms with Gasteiger partial charge in [0.1, 0.15) is 22.6 Å². The van der Waals surface area contributed by atoms with Gasteiger partial charge < -0.3 is 49.2 Å². The van der Waals surface area contributed by atoms with E-state index in [1.54, 1.807) is 0 Å². The maximum absolute atomic E-state index is 6.07. The lowest BCUT2D eigenvalue weighted by Gasteiger charge is -2.33. The zero-order chi connectivity index (χ0) is 79.7. The van der Waals surface area contributed by atoms with Crippen molar-refractivity contribution in [3.8, 4) is 45.6 Å². The molecule has 0 atom stereocenters. The number of rotatable bonds is 56. The first-order valence-electron chi connectivity index (χ1n) is 46.5. The number of unbranched alkanes of at least 4 members (excludes halogenated alkanes) is 16. The molecule has 0 fully saturated rings. The zero-order valence-corrected chi connectivity index (χ0v) is 73.8. The highest BCUT2D eigenvalue weighted by Gasteiger charge is 2.32. The van der Waals surface area contributed by atoms with Crippen LogP contribution < -0.4 is 39.2 Å². The van der Waals surface area contributed by atoms with Gasteiger partial charge in [-0.05, 0) is 151 Å². The van der Waals surface area contributed by atoms with Crippen LogP contribution in [0.2, 0.25) is 0 Å². The van der Waals surface area contributed by atoms with Crippen molar-refractivity contribution in [1.82, 2.24) is 39.9 Å². The van der Waals surface area contributed by atoms with E-state index < -0.39 is 0 Å². The Balaban J connectivity index is 1.59. The lowest BCUT2D eigenvalue weighted by molar-refractivity contribution is 0.662. The molecule has 0 aliphatic carbocycles. The summed E-state index contributed by atoms with van der Waals surface area (Å²) in [6.07, 6.45) is 35.7. The number of H-pyrrole nitrogens is 2. The molecule has 0 amide bonds. The molecule has 112 heavy (non-hydrogen) atoms. The molecule has 0 saturated heterocycles. The minimum Gasteiger partial charge on any atom is -0.370 e. The number of anilines is 8. The van der Waals surface area contributed by atoms with E-state index in [9.17, 15) is 0 Å². The molecule has 0 unspecified atom stereocenters. The Bertz CT molecular complexity index is 3560. The van der Waals surface area contributed by atoms with Gasteiger partial charge in [0.15, 0.2) is 23.3 Å². The van der Waals surface area contributed by atoms with E-state index in [1.807, 2.05) is 0 Å². The van der Waals surface area contributed by atoms with Crippen molar-refractivity contribution >= 4 is 89.6 Å². The largest absolute Gasteiger partial charge is 0.370 e. The third kappa shape index (κ3) is 22.6. The number of hydrogen-bond acceptors (Lipinski definition) is 14. The summed E-state index contributed by atoms with van der Waals surface area (Å²) in [4.78, 5) is 66.1. The maximum Gasteiger partial charge on any atom is 0.164 e. The predicted molar refractivity (Wildman–Crippen MR) is 492 cm³/mol. The number of hydrogen-bond donors (Lipinski definition) is 2. The molecule has 2 aliphatic heterocycles. The molecule has 618 valence electrons. The topological polar surface area (TPSA) is 135 Å². The summed E-state index contributed by atoms with van der Waals surface area (Å²) in [6, 6.07) is 20.0. The van der Waals surface area contributed by atoms with Crippen molar-refractivity contribution in [1.29, 1.82) is 0 Å². The van der Waals surface area contributed by atoms with E-state index in [-0.39, 0.29) is 0 Å². The highest BCUT2D eigenvalue weighted by atomic mass is 15.2. The number of nitrogens with one attached hydrogen (secondary N) is 2. The maximum atomic E-state index is 6.07. The van der Waals surface area contributed by atoms with Gasteiger partial charge in [-0.15, -0.1) is 0 Å². The second-order valence-electron chi connectivity index (χ2n) is 32.7. The second kappa shape index (κ2) is 46.9. The van der Waals surface area contributed by atoms with E-state index >= 15 is 0 Å². The first-order valence-corrected chi connectivity index (χ1v) is 46.5. The van der Waals surface area contributed by atoms with Gasteiger partial charge in [0, 0.05) is 149 Å². The minimum atomic E-state index is 0.665. The molecule has 0 radical (unpaired) electrons. The van der Waals surface area contributed by atoms with E-state index in [2.05, 4.69) is 208 Å². The van der Waals surface area contributed by atoms with Gasteiger partial charge >= 0.3 is 0 Å². The fraction of sp³-hybridized carbons (Fsp3) is 0.667. The van der Waals surface area contributed by atoms with Gasteiger partial charge in [-0.1, -0.05) is 214 Å². The lowest BCUT2D eigenvalue weighted by Crippen LogP contribution is -2.31. The highest BCUT2D eigenvalue weighted by Crippen LogP contribution is 2.48. The van der Waals surface area contributed by atoms with Crippen LogP contribution in [0, 0.1) is 0 Å². The van der Waals surface area contributed by atoms with E-state index in [0.717, 1.165) is 377 Å². The van der Waals surface area contributed by atoms with Crippen molar-refractivity contribution in [2.75, 3.05) is 144 Å². The predicted octanol–water partition coefficient (Wildman–Crippen LogP) is 26.1. The fourth-order valence-corrected chi connectivity index (χ4v) is 16.3. The van der Waals surface area contributed by atoms with Crippen LogP contribution in [-0.2, 0) is 0 Å². The molecule has 7 aromatic rings. The molecule has 0 saturated carbocycles. The monoisotopic (exact) mass is 1530 g/mol. The van der Waals surface area contributed by atoms with Crippen LogP contribution in [0.1, 0.15) is 316 Å². The number of benzene rings is 4. The number of aromatic amines is 2. The zero-order valence-electron chi connectivity index (χ0n) is 73.8. The number of aromatic nitrogens is 8. The van der Waals surface area contributed by atoms with Crippen LogP contribution in [0.3, 0.4) is 0 Å². The fourth-order valence-electron chi connectivity index (χ4n) is 16.3. The second-order valence-corrected chi connectivity index (χ2v) is 32.7. The van der Waals surface area contributed by atoms with Crippen LogP contribution in [0.5, 0.6) is 0 Å². The average molecular weight is 1530 g/mol. The van der Waals surface area contributed by atoms with Gasteiger partial charge in [0.05, 0.1) is 45.5 Å². The minimum absolute atomic E-state index is 0.665. The van der Waals surface area contributed by atoms with Gasteiger partial charge in [-0.25, -0.2) is 29.9 Å². The van der Waals surface area contributed by atoms with Crippen molar-refractivity contribution < 1.29 is 0 Å². The van der Waals surface area contributed by atoms with Crippen molar-refractivity contribution in [3.63, 3.8) is 0 Å². The summed E-state index contributed by atoms with van der Waals surface area (Å²) in [5.74, 6) is 2.66. The van der Waals surface area contributed by atoms with E-state index in [1.165, 1.54) is 45.5 Å². The Morgan fingerprint density at radius 1 is 0.179 bits per heavy atom. The Morgan fingerprint density at radius 3 is 0.429 bits per heavy atom. The Morgan fingerprint density at radius 2 is 0.304 bits per heavy atom. The molecule has 16 heteroatoms. The molecule has 9 rings (SSSR count).